The molecule has 30 heavy (non-hydrogen) atoms. The first kappa shape index (κ1) is 20.8. The van der Waals surface area contributed by atoms with Gasteiger partial charge in [0, 0.05) is 17.7 Å². The minimum absolute atomic E-state index is 0.202. The van der Waals surface area contributed by atoms with Crippen molar-refractivity contribution >= 4 is 11.7 Å². The third-order valence-corrected chi connectivity index (χ3v) is 4.07. The van der Waals surface area contributed by atoms with E-state index in [1.165, 1.54) is 26.4 Å². The summed E-state index contributed by atoms with van der Waals surface area (Å²) >= 11 is 0. The summed E-state index contributed by atoms with van der Waals surface area (Å²) in [4.78, 5) is 12.1. The van der Waals surface area contributed by atoms with E-state index in [1.807, 2.05) is 0 Å². The molecule has 0 aliphatic rings. The molecule has 2 amide bonds. The van der Waals surface area contributed by atoms with Crippen molar-refractivity contribution in [2.24, 2.45) is 0 Å². The van der Waals surface area contributed by atoms with Crippen molar-refractivity contribution in [1.82, 2.24) is 15.5 Å². The van der Waals surface area contributed by atoms with Crippen molar-refractivity contribution in [2.75, 3.05) is 32.7 Å². The van der Waals surface area contributed by atoms with Gasteiger partial charge in [0.2, 0.25) is 5.88 Å². The molecule has 2 N–H and O–H groups in total. The fraction of sp³-hybridized carbons (Fsp3) is 0.190. The predicted molar refractivity (Wildman–Crippen MR) is 109 cm³/mol. The van der Waals surface area contributed by atoms with Gasteiger partial charge in [0.25, 0.3) is 0 Å². The quantitative estimate of drug-likeness (QED) is 0.550. The van der Waals surface area contributed by atoms with Crippen molar-refractivity contribution in [3.8, 4) is 28.6 Å². The van der Waals surface area contributed by atoms with Crippen molar-refractivity contribution < 1.29 is 23.4 Å². The zero-order valence-corrected chi connectivity index (χ0v) is 16.5. The Morgan fingerprint density at radius 1 is 1.00 bits per heavy atom. The smallest absolute Gasteiger partial charge is 0.319 e. The zero-order valence-electron chi connectivity index (χ0n) is 16.5. The van der Waals surface area contributed by atoms with Crippen LogP contribution in [0.3, 0.4) is 0 Å². The summed E-state index contributed by atoms with van der Waals surface area (Å²) < 4.78 is 28.8. The Kier molecular flexibility index (Phi) is 6.99. The molecule has 0 saturated carbocycles. The van der Waals surface area contributed by atoms with Crippen LogP contribution in [-0.2, 0) is 0 Å². The molecular weight excluding hydrogens is 391 g/mol. The number of aromatic nitrogens is 2. The van der Waals surface area contributed by atoms with Gasteiger partial charge in [-0.3, -0.25) is 0 Å². The van der Waals surface area contributed by atoms with E-state index in [-0.39, 0.29) is 19.0 Å². The van der Waals surface area contributed by atoms with Gasteiger partial charge in [0.1, 0.15) is 23.9 Å². The van der Waals surface area contributed by atoms with E-state index in [0.29, 0.717) is 28.8 Å². The molecular formula is C21H21FN4O4. The van der Waals surface area contributed by atoms with E-state index in [4.69, 9.17) is 14.2 Å². The Morgan fingerprint density at radius 2 is 1.80 bits per heavy atom. The average molecular weight is 412 g/mol. The molecule has 0 saturated heterocycles. The SMILES string of the molecule is COc1ccc(OC)c(NC(=O)NCCOc2ccc(-c3ccc(F)cc3)nn2)c1. The first-order valence-electron chi connectivity index (χ1n) is 9.08. The summed E-state index contributed by atoms with van der Waals surface area (Å²) in [6, 6.07) is 14.0. The molecule has 9 heteroatoms. The van der Waals surface area contributed by atoms with Crippen LogP contribution in [0, 0.1) is 5.82 Å². The lowest BCUT2D eigenvalue weighted by Gasteiger charge is -2.12. The highest BCUT2D eigenvalue weighted by Gasteiger charge is 2.09. The minimum Gasteiger partial charge on any atom is -0.497 e. The van der Waals surface area contributed by atoms with Crippen LogP contribution >= 0.6 is 0 Å². The Bertz CT molecular complexity index is 981. The average Bonchev–Trinajstić information content (AvgIpc) is 2.77. The Balaban J connectivity index is 1.46. The highest BCUT2D eigenvalue weighted by molar-refractivity contribution is 5.91. The van der Waals surface area contributed by atoms with Gasteiger partial charge in [-0.25, -0.2) is 9.18 Å². The maximum absolute atomic E-state index is 13.0. The largest absolute Gasteiger partial charge is 0.497 e. The summed E-state index contributed by atoms with van der Waals surface area (Å²) in [6.45, 7) is 0.451. The lowest BCUT2D eigenvalue weighted by molar-refractivity contribution is 0.246. The van der Waals surface area contributed by atoms with Gasteiger partial charge in [0.15, 0.2) is 0 Å². The van der Waals surface area contributed by atoms with E-state index < -0.39 is 6.03 Å². The van der Waals surface area contributed by atoms with Crippen molar-refractivity contribution in [3.63, 3.8) is 0 Å². The normalized spacial score (nSPS) is 10.2. The number of benzene rings is 2. The van der Waals surface area contributed by atoms with E-state index >= 15 is 0 Å². The maximum atomic E-state index is 13.0. The lowest BCUT2D eigenvalue weighted by Crippen LogP contribution is -2.32. The second-order valence-corrected chi connectivity index (χ2v) is 6.06. The van der Waals surface area contributed by atoms with Crippen LogP contribution < -0.4 is 24.8 Å². The van der Waals surface area contributed by atoms with Crippen molar-refractivity contribution in [2.45, 2.75) is 0 Å². The molecule has 1 aromatic heterocycles. The monoisotopic (exact) mass is 412 g/mol. The van der Waals surface area contributed by atoms with Crippen LogP contribution in [0.25, 0.3) is 11.3 Å². The number of nitrogens with zero attached hydrogens (tertiary/aromatic N) is 2. The highest BCUT2D eigenvalue weighted by Crippen LogP contribution is 2.28. The lowest BCUT2D eigenvalue weighted by atomic mass is 10.1. The van der Waals surface area contributed by atoms with Crippen LogP contribution in [0.4, 0.5) is 14.9 Å². The molecule has 0 aliphatic heterocycles. The molecule has 8 nitrogen and oxygen atoms in total. The highest BCUT2D eigenvalue weighted by atomic mass is 19.1. The summed E-state index contributed by atoms with van der Waals surface area (Å²) in [5, 5.41) is 13.4. The molecule has 0 atom stereocenters. The van der Waals surface area contributed by atoms with E-state index in [1.54, 1.807) is 42.5 Å². The number of nitrogens with one attached hydrogen (secondary N) is 2. The molecule has 0 aliphatic carbocycles. The first-order valence-corrected chi connectivity index (χ1v) is 9.08. The minimum atomic E-state index is -0.414. The third kappa shape index (κ3) is 5.57. The van der Waals surface area contributed by atoms with Gasteiger partial charge in [0.05, 0.1) is 32.1 Å². The number of carbonyl (C=O) groups is 1. The number of rotatable bonds is 8. The number of anilines is 1. The number of hydrogen-bond donors (Lipinski definition) is 2. The number of halogens is 1. The van der Waals surface area contributed by atoms with Gasteiger partial charge in [-0.1, -0.05) is 0 Å². The van der Waals surface area contributed by atoms with Crippen LogP contribution in [-0.4, -0.2) is 43.6 Å². The van der Waals surface area contributed by atoms with Gasteiger partial charge in [-0.2, -0.15) is 0 Å². The van der Waals surface area contributed by atoms with E-state index in [0.717, 1.165) is 5.56 Å². The fourth-order valence-electron chi connectivity index (χ4n) is 2.57. The summed E-state index contributed by atoms with van der Waals surface area (Å²) in [6.07, 6.45) is 0. The first-order chi connectivity index (χ1) is 14.6. The molecule has 0 bridgehead atoms. The summed E-state index contributed by atoms with van der Waals surface area (Å²) in [7, 11) is 3.05. The maximum Gasteiger partial charge on any atom is 0.319 e. The molecule has 3 rings (SSSR count). The molecule has 0 fully saturated rings. The molecule has 1 heterocycles. The number of hydrogen-bond acceptors (Lipinski definition) is 6. The Labute approximate surface area is 173 Å². The van der Waals surface area contributed by atoms with Crippen LogP contribution in [0.1, 0.15) is 0 Å². The number of ether oxygens (including phenoxy) is 3. The summed E-state index contributed by atoms with van der Waals surface area (Å²) in [5.41, 5.74) is 1.84. The molecule has 0 radical (unpaired) electrons. The zero-order chi connectivity index (χ0) is 21.3. The standard InChI is InChI=1S/C21H21FN4O4/c1-28-16-7-9-19(29-2)18(13-16)24-21(27)23-11-12-30-20-10-8-17(25-26-20)14-3-5-15(22)6-4-14/h3-10,13H,11-12H2,1-2H3,(H2,23,24,27). The molecule has 0 unspecified atom stereocenters. The van der Waals surface area contributed by atoms with Crippen LogP contribution in [0.15, 0.2) is 54.6 Å². The van der Waals surface area contributed by atoms with Crippen molar-refractivity contribution in [3.05, 3.63) is 60.4 Å². The van der Waals surface area contributed by atoms with Gasteiger partial charge >= 0.3 is 6.03 Å². The van der Waals surface area contributed by atoms with E-state index in [2.05, 4.69) is 20.8 Å². The van der Waals surface area contributed by atoms with Gasteiger partial charge in [-0.05, 0) is 42.5 Å². The number of urea groups is 1. The molecule has 2 aromatic carbocycles. The molecule has 3 aromatic rings. The number of methoxy groups -OCH3 is 2. The van der Waals surface area contributed by atoms with E-state index in [9.17, 15) is 9.18 Å². The second kappa shape index (κ2) is 10.1. The van der Waals surface area contributed by atoms with Crippen LogP contribution in [0.2, 0.25) is 0 Å². The second-order valence-electron chi connectivity index (χ2n) is 6.06. The fourth-order valence-corrected chi connectivity index (χ4v) is 2.57. The number of carbonyl (C=O) groups excluding carboxylic acids is 1. The molecule has 156 valence electrons. The Morgan fingerprint density at radius 3 is 2.47 bits per heavy atom. The van der Waals surface area contributed by atoms with Gasteiger partial charge < -0.3 is 24.8 Å². The predicted octanol–water partition coefficient (Wildman–Crippen LogP) is 3.50. The van der Waals surface area contributed by atoms with Crippen molar-refractivity contribution in [1.29, 1.82) is 0 Å². The third-order valence-electron chi connectivity index (χ3n) is 4.07. The van der Waals surface area contributed by atoms with Crippen LogP contribution in [0.5, 0.6) is 17.4 Å². The topological polar surface area (TPSA) is 94.6 Å². The summed E-state index contributed by atoms with van der Waals surface area (Å²) in [5.74, 6) is 1.11. The number of amides is 2. The molecule has 0 spiro atoms. The Hall–Kier alpha value is -3.88. The van der Waals surface area contributed by atoms with Gasteiger partial charge in [-0.15, -0.1) is 10.2 Å².